The van der Waals surface area contributed by atoms with Gasteiger partial charge in [-0.15, -0.1) is 0 Å². The van der Waals surface area contributed by atoms with Gasteiger partial charge in [-0.1, -0.05) is 12.1 Å². The number of ether oxygens (including phenoxy) is 1. The molecule has 1 N–H and O–H groups in total. The van der Waals surface area contributed by atoms with Crippen LogP contribution >= 0.6 is 0 Å². The first-order chi connectivity index (χ1) is 14.1. The van der Waals surface area contributed by atoms with E-state index in [1.54, 1.807) is 19.5 Å². The number of benzene rings is 1. The molecule has 1 aromatic carbocycles. The fourth-order valence-corrected chi connectivity index (χ4v) is 4.24. The van der Waals surface area contributed by atoms with E-state index in [1.165, 1.54) is 5.56 Å². The molecule has 1 saturated carbocycles. The summed E-state index contributed by atoms with van der Waals surface area (Å²) in [5.41, 5.74) is 2.86. The number of carbonyl (C=O) groups excluding carboxylic acids is 1. The highest BCUT2D eigenvalue weighted by molar-refractivity contribution is 6.06. The summed E-state index contributed by atoms with van der Waals surface area (Å²) in [6.07, 6.45) is 6.06. The van der Waals surface area contributed by atoms with Crippen LogP contribution in [0.15, 0.2) is 48.8 Å². The van der Waals surface area contributed by atoms with E-state index < -0.39 is 0 Å². The standard InChI is InChI=1S/C23H24N4O2/c1-15-3-6-20(25-21(15)23(8-9-23)27-13-19(14-27)29-2)26-22(28)17-4-5-18-12-24-10-7-16(18)11-17/h3-7,10-12,19H,8-9,13-14H2,1-2H3,(H,25,26,28). The van der Waals surface area contributed by atoms with E-state index in [9.17, 15) is 4.79 Å². The Labute approximate surface area is 169 Å². The van der Waals surface area contributed by atoms with E-state index in [4.69, 9.17) is 9.72 Å². The predicted molar refractivity (Wildman–Crippen MR) is 112 cm³/mol. The lowest BCUT2D eigenvalue weighted by Crippen LogP contribution is -2.56. The molecule has 3 heterocycles. The fraction of sp³-hybridized carbons (Fsp3) is 0.348. The first-order valence-corrected chi connectivity index (χ1v) is 10.0. The third-order valence-electron chi connectivity index (χ3n) is 6.19. The molecule has 6 nitrogen and oxygen atoms in total. The predicted octanol–water partition coefficient (Wildman–Crippen LogP) is 3.51. The molecule has 3 aromatic rings. The van der Waals surface area contributed by atoms with Crippen LogP contribution in [0, 0.1) is 6.92 Å². The third kappa shape index (κ3) is 3.18. The molecular weight excluding hydrogens is 364 g/mol. The molecule has 1 amide bonds. The van der Waals surface area contributed by atoms with Crippen LogP contribution in [0.25, 0.3) is 10.8 Å². The number of anilines is 1. The van der Waals surface area contributed by atoms with Gasteiger partial charge in [0.1, 0.15) is 5.82 Å². The number of methoxy groups -OCH3 is 1. The number of pyridine rings is 2. The van der Waals surface area contributed by atoms with Crippen molar-refractivity contribution in [1.29, 1.82) is 0 Å². The van der Waals surface area contributed by atoms with Crippen molar-refractivity contribution in [1.82, 2.24) is 14.9 Å². The maximum absolute atomic E-state index is 12.8. The van der Waals surface area contributed by atoms with Crippen molar-refractivity contribution >= 4 is 22.5 Å². The molecule has 2 fully saturated rings. The molecule has 2 aromatic heterocycles. The number of nitrogens with one attached hydrogen (secondary N) is 1. The van der Waals surface area contributed by atoms with E-state index >= 15 is 0 Å². The molecule has 6 heteroatoms. The molecule has 5 rings (SSSR count). The largest absolute Gasteiger partial charge is 0.379 e. The van der Waals surface area contributed by atoms with Gasteiger partial charge in [0, 0.05) is 43.5 Å². The Hall–Kier alpha value is -2.83. The second kappa shape index (κ2) is 6.90. The van der Waals surface area contributed by atoms with Gasteiger partial charge in [-0.3, -0.25) is 14.7 Å². The normalized spacial score (nSPS) is 18.4. The zero-order valence-electron chi connectivity index (χ0n) is 16.7. The van der Waals surface area contributed by atoms with Crippen LogP contribution in [0.4, 0.5) is 5.82 Å². The molecule has 0 spiro atoms. The number of aromatic nitrogens is 2. The zero-order valence-corrected chi connectivity index (χ0v) is 16.7. The van der Waals surface area contributed by atoms with E-state index in [2.05, 4.69) is 28.2 Å². The first-order valence-electron chi connectivity index (χ1n) is 10.0. The van der Waals surface area contributed by atoms with Gasteiger partial charge in [-0.05, 0) is 55.0 Å². The van der Waals surface area contributed by atoms with Gasteiger partial charge in [0.05, 0.1) is 17.3 Å². The lowest BCUT2D eigenvalue weighted by molar-refractivity contribution is -0.0604. The van der Waals surface area contributed by atoms with Crippen LogP contribution in [0.2, 0.25) is 0 Å². The van der Waals surface area contributed by atoms with Crippen LogP contribution < -0.4 is 5.32 Å². The molecule has 0 radical (unpaired) electrons. The molecule has 148 valence electrons. The Balaban J connectivity index is 1.38. The number of amides is 1. The van der Waals surface area contributed by atoms with Crippen molar-refractivity contribution in [2.24, 2.45) is 0 Å². The summed E-state index contributed by atoms with van der Waals surface area (Å²) >= 11 is 0. The van der Waals surface area contributed by atoms with E-state index in [0.29, 0.717) is 17.5 Å². The molecule has 29 heavy (non-hydrogen) atoms. The topological polar surface area (TPSA) is 67.3 Å². The average Bonchev–Trinajstić information content (AvgIpc) is 3.49. The number of rotatable bonds is 5. The minimum atomic E-state index is -0.153. The lowest BCUT2D eigenvalue weighted by Gasteiger charge is -2.44. The quantitative estimate of drug-likeness (QED) is 0.724. The maximum atomic E-state index is 12.8. The van der Waals surface area contributed by atoms with E-state index in [1.807, 2.05) is 30.3 Å². The number of hydrogen-bond acceptors (Lipinski definition) is 5. The lowest BCUT2D eigenvalue weighted by atomic mass is 9.99. The summed E-state index contributed by atoms with van der Waals surface area (Å²) in [4.78, 5) is 24.2. The van der Waals surface area contributed by atoms with Gasteiger partial charge in [-0.2, -0.15) is 0 Å². The second-order valence-electron chi connectivity index (χ2n) is 8.05. The molecule has 2 aliphatic rings. The van der Waals surface area contributed by atoms with Crippen molar-refractivity contribution in [3.05, 3.63) is 65.6 Å². The summed E-state index contributed by atoms with van der Waals surface area (Å²) < 4.78 is 5.44. The minimum Gasteiger partial charge on any atom is -0.379 e. The Bertz CT molecular complexity index is 1090. The highest BCUT2D eigenvalue weighted by Crippen LogP contribution is 2.53. The van der Waals surface area contributed by atoms with Crippen LogP contribution in [-0.4, -0.2) is 47.1 Å². The Morgan fingerprint density at radius 3 is 2.76 bits per heavy atom. The van der Waals surface area contributed by atoms with Gasteiger partial charge in [-0.25, -0.2) is 4.98 Å². The number of hydrogen-bond donors (Lipinski definition) is 1. The molecule has 1 aliphatic carbocycles. The summed E-state index contributed by atoms with van der Waals surface area (Å²) in [5.74, 6) is 0.444. The summed E-state index contributed by atoms with van der Waals surface area (Å²) in [5, 5.41) is 4.98. The maximum Gasteiger partial charge on any atom is 0.256 e. The van der Waals surface area contributed by atoms with Gasteiger partial charge >= 0.3 is 0 Å². The Morgan fingerprint density at radius 2 is 2.00 bits per heavy atom. The highest BCUT2D eigenvalue weighted by atomic mass is 16.5. The monoisotopic (exact) mass is 388 g/mol. The number of carbonyl (C=O) groups is 1. The SMILES string of the molecule is COC1CN(C2(c3nc(NC(=O)c4ccc5cnccc5c4)ccc3C)CC2)C1. The summed E-state index contributed by atoms with van der Waals surface area (Å²) in [6.45, 7) is 3.99. The van der Waals surface area contributed by atoms with E-state index in [-0.39, 0.29) is 11.4 Å². The smallest absolute Gasteiger partial charge is 0.256 e. The van der Waals surface area contributed by atoms with Crippen molar-refractivity contribution < 1.29 is 9.53 Å². The molecule has 0 atom stereocenters. The number of nitrogens with zero attached hydrogens (tertiary/aromatic N) is 3. The van der Waals surface area contributed by atoms with Gasteiger partial charge < -0.3 is 10.1 Å². The van der Waals surface area contributed by atoms with Crippen LogP contribution in [0.1, 0.15) is 34.5 Å². The number of aryl methyl sites for hydroxylation is 1. The highest BCUT2D eigenvalue weighted by Gasteiger charge is 2.55. The van der Waals surface area contributed by atoms with Crippen molar-refractivity contribution in [2.45, 2.75) is 31.4 Å². The van der Waals surface area contributed by atoms with Crippen molar-refractivity contribution in [2.75, 3.05) is 25.5 Å². The third-order valence-corrected chi connectivity index (χ3v) is 6.19. The van der Waals surface area contributed by atoms with Crippen LogP contribution in [-0.2, 0) is 10.3 Å². The number of fused-ring (bicyclic) bond motifs is 1. The second-order valence-corrected chi connectivity index (χ2v) is 8.05. The van der Waals surface area contributed by atoms with Crippen LogP contribution in [0.5, 0.6) is 0 Å². The average molecular weight is 388 g/mol. The number of likely N-dealkylation sites (tertiary alicyclic amines) is 1. The van der Waals surface area contributed by atoms with Gasteiger partial charge in [0.25, 0.3) is 5.91 Å². The summed E-state index contributed by atoms with van der Waals surface area (Å²) in [6, 6.07) is 11.5. The Morgan fingerprint density at radius 1 is 1.17 bits per heavy atom. The Kier molecular flexibility index (Phi) is 4.33. The van der Waals surface area contributed by atoms with Gasteiger partial charge in [0.15, 0.2) is 0 Å². The fourth-order valence-electron chi connectivity index (χ4n) is 4.24. The molecule has 1 saturated heterocycles. The van der Waals surface area contributed by atoms with E-state index in [0.717, 1.165) is 42.4 Å². The molecular formula is C23H24N4O2. The zero-order chi connectivity index (χ0) is 20.0. The minimum absolute atomic E-state index is 0.00972. The molecule has 0 bridgehead atoms. The molecule has 0 unspecified atom stereocenters. The van der Waals surface area contributed by atoms with Crippen molar-refractivity contribution in [3.8, 4) is 0 Å². The van der Waals surface area contributed by atoms with Crippen molar-refractivity contribution in [3.63, 3.8) is 0 Å². The van der Waals surface area contributed by atoms with Crippen LogP contribution in [0.3, 0.4) is 0 Å². The first kappa shape index (κ1) is 18.2. The summed E-state index contributed by atoms with van der Waals surface area (Å²) in [7, 11) is 1.77. The molecule has 1 aliphatic heterocycles. The van der Waals surface area contributed by atoms with Gasteiger partial charge in [0.2, 0.25) is 0 Å².